The molecule has 25 heavy (non-hydrogen) atoms. The Morgan fingerprint density at radius 2 is 1.88 bits per heavy atom. The lowest BCUT2D eigenvalue weighted by Gasteiger charge is -2.12. The molecule has 2 heterocycles. The van der Waals surface area contributed by atoms with E-state index in [4.69, 9.17) is 0 Å². The summed E-state index contributed by atoms with van der Waals surface area (Å²) in [7, 11) is -3.73. The minimum absolute atomic E-state index is 0.151. The maximum absolute atomic E-state index is 12.4. The van der Waals surface area contributed by atoms with E-state index in [1.54, 1.807) is 24.3 Å². The van der Waals surface area contributed by atoms with Gasteiger partial charge in [-0.2, -0.15) is 0 Å². The number of hydrogen-bond acceptors (Lipinski definition) is 5. The predicted molar refractivity (Wildman–Crippen MR) is 95.9 cm³/mol. The first kappa shape index (κ1) is 17.4. The van der Waals surface area contributed by atoms with Gasteiger partial charge in [-0.1, -0.05) is 23.8 Å². The number of aromatic nitrogens is 1. The molecule has 3 N–H and O–H groups in total. The lowest BCUT2D eigenvalue weighted by atomic mass is 10.2. The first-order chi connectivity index (χ1) is 11.9. The van der Waals surface area contributed by atoms with Crippen LogP contribution in [-0.4, -0.2) is 31.9 Å². The zero-order valence-corrected chi connectivity index (χ0v) is 14.6. The molecule has 1 aliphatic heterocycles. The molecule has 0 aliphatic carbocycles. The summed E-state index contributed by atoms with van der Waals surface area (Å²) in [6, 6.07) is 11.1. The average Bonchev–Trinajstić information content (AvgIpc) is 3.10. The van der Waals surface area contributed by atoms with Crippen molar-refractivity contribution in [3.05, 3.63) is 48.0 Å². The van der Waals surface area contributed by atoms with E-state index in [1.165, 1.54) is 18.2 Å². The van der Waals surface area contributed by atoms with Crippen LogP contribution in [0.4, 0.5) is 11.6 Å². The van der Waals surface area contributed by atoms with Crippen molar-refractivity contribution in [2.24, 2.45) is 0 Å². The van der Waals surface area contributed by atoms with Gasteiger partial charge in [0.1, 0.15) is 11.6 Å². The SMILES string of the molecule is Cc1ccc(S(=O)(=O)Nc2cccc(NC(=O)[C@@H]3CCCN3)n2)cc1. The minimum atomic E-state index is -3.73. The van der Waals surface area contributed by atoms with E-state index in [2.05, 4.69) is 20.3 Å². The van der Waals surface area contributed by atoms with Crippen LogP contribution in [0.15, 0.2) is 47.4 Å². The number of nitrogens with one attached hydrogen (secondary N) is 3. The Morgan fingerprint density at radius 3 is 2.56 bits per heavy atom. The van der Waals surface area contributed by atoms with Crippen LogP contribution in [0.1, 0.15) is 18.4 Å². The van der Waals surface area contributed by atoms with Crippen molar-refractivity contribution in [1.82, 2.24) is 10.3 Å². The largest absolute Gasteiger partial charge is 0.309 e. The Hall–Kier alpha value is -2.45. The second-order valence-electron chi connectivity index (χ2n) is 5.96. The van der Waals surface area contributed by atoms with Gasteiger partial charge in [0.2, 0.25) is 5.91 Å². The molecular weight excluding hydrogens is 340 g/mol. The number of sulfonamides is 1. The molecule has 1 aromatic heterocycles. The van der Waals surface area contributed by atoms with Crippen molar-refractivity contribution >= 4 is 27.6 Å². The molecule has 1 aliphatic rings. The predicted octanol–water partition coefficient (Wildman–Crippen LogP) is 1.88. The number of pyridine rings is 1. The van der Waals surface area contributed by atoms with Crippen molar-refractivity contribution < 1.29 is 13.2 Å². The fourth-order valence-electron chi connectivity index (χ4n) is 2.60. The molecule has 1 fully saturated rings. The molecule has 1 aromatic carbocycles. The molecule has 8 heteroatoms. The quantitative estimate of drug-likeness (QED) is 0.756. The number of carbonyl (C=O) groups is 1. The van der Waals surface area contributed by atoms with Gasteiger partial charge in [0.15, 0.2) is 0 Å². The molecule has 0 saturated carbocycles. The van der Waals surface area contributed by atoms with Gasteiger partial charge in [0.05, 0.1) is 10.9 Å². The van der Waals surface area contributed by atoms with E-state index in [0.717, 1.165) is 24.9 Å². The van der Waals surface area contributed by atoms with Crippen LogP contribution >= 0.6 is 0 Å². The van der Waals surface area contributed by atoms with E-state index in [0.29, 0.717) is 5.82 Å². The van der Waals surface area contributed by atoms with Gasteiger partial charge in [-0.15, -0.1) is 0 Å². The normalized spacial score (nSPS) is 17.2. The van der Waals surface area contributed by atoms with Crippen molar-refractivity contribution in [1.29, 1.82) is 0 Å². The zero-order chi connectivity index (χ0) is 17.9. The number of amides is 1. The van der Waals surface area contributed by atoms with Gasteiger partial charge in [-0.25, -0.2) is 13.4 Å². The number of hydrogen-bond donors (Lipinski definition) is 3. The van der Waals surface area contributed by atoms with Gasteiger partial charge in [-0.05, 0) is 50.6 Å². The highest BCUT2D eigenvalue weighted by atomic mass is 32.2. The first-order valence-corrected chi connectivity index (χ1v) is 9.53. The number of aryl methyl sites for hydroxylation is 1. The van der Waals surface area contributed by atoms with Crippen molar-refractivity contribution in [3.63, 3.8) is 0 Å². The van der Waals surface area contributed by atoms with Gasteiger partial charge in [0, 0.05) is 0 Å². The van der Waals surface area contributed by atoms with E-state index < -0.39 is 10.0 Å². The van der Waals surface area contributed by atoms with Crippen LogP contribution in [0.25, 0.3) is 0 Å². The molecule has 3 rings (SSSR count). The Morgan fingerprint density at radius 1 is 1.16 bits per heavy atom. The molecule has 1 saturated heterocycles. The molecule has 132 valence electrons. The van der Waals surface area contributed by atoms with Crippen LogP contribution in [0.2, 0.25) is 0 Å². The van der Waals surface area contributed by atoms with Gasteiger partial charge in [-0.3, -0.25) is 9.52 Å². The Bertz CT molecular complexity index is 860. The molecule has 0 radical (unpaired) electrons. The van der Waals surface area contributed by atoms with Gasteiger partial charge >= 0.3 is 0 Å². The monoisotopic (exact) mass is 360 g/mol. The third-order valence-corrected chi connectivity index (χ3v) is 5.32. The topological polar surface area (TPSA) is 100 Å². The number of anilines is 2. The summed E-state index contributed by atoms with van der Waals surface area (Å²) in [4.78, 5) is 16.4. The number of nitrogens with zero attached hydrogens (tertiary/aromatic N) is 1. The first-order valence-electron chi connectivity index (χ1n) is 8.05. The maximum atomic E-state index is 12.4. The Labute approximate surface area is 146 Å². The van der Waals surface area contributed by atoms with Crippen molar-refractivity contribution in [2.45, 2.75) is 30.7 Å². The molecule has 0 spiro atoms. The van der Waals surface area contributed by atoms with E-state index in [9.17, 15) is 13.2 Å². The summed E-state index contributed by atoms with van der Waals surface area (Å²) in [5.74, 6) is 0.295. The summed E-state index contributed by atoms with van der Waals surface area (Å²) < 4.78 is 27.2. The lowest BCUT2D eigenvalue weighted by molar-refractivity contribution is -0.117. The molecule has 1 amide bonds. The molecule has 0 unspecified atom stereocenters. The average molecular weight is 360 g/mol. The highest BCUT2D eigenvalue weighted by Gasteiger charge is 2.22. The smallest absolute Gasteiger partial charge is 0.263 e. The highest BCUT2D eigenvalue weighted by molar-refractivity contribution is 7.92. The molecular formula is C17H20N4O3S. The molecule has 2 aromatic rings. The van der Waals surface area contributed by atoms with Gasteiger partial charge < -0.3 is 10.6 Å². The summed E-state index contributed by atoms with van der Waals surface area (Å²) in [5, 5.41) is 5.81. The zero-order valence-electron chi connectivity index (χ0n) is 13.8. The van der Waals surface area contributed by atoms with E-state index >= 15 is 0 Å². The molecule has 1 atom stereocenters. The summed E-state index contributed by atoms with van der Waals surface area (Å²) in [6.45, 7) is 2.71. The van der Waals surface area contributed by atoms with Crippen LogP contribution in [0.5, 0.6) is 0 Å². The lowest BCUT2D eigenvalue weighted by Crippen LogP contribution is -2.35. The third kappa shape index (κ3) is 4.34. The highest BCUT2D eigenvalue weighted by Crippen LogP contribution is 2.17. The van der Waals surface area contributed by atoms with Crippen LogP contribution < -0.4 is 15.4 Å². The summed E-state index contributed by atoms with van der Waals surface area (Å²) in [5.41, 5.74) is 0.974. The third-order valence-electron chi connectivity index (χ3n) is 3.95. The van der Waals surface area contributed by atoms with Gasteiger partial charge in [0.25, 0.3) is 10.0 Å². The minimum Gasteiger partial charge on any atom is -0.309 e. The van der Waals surface area contributed by atoms with Crippen molar-refractivity contribution in [3.8, 4) is 0 Å². The number of carbonyl (C=O) groups excluding carboxylic acids is 1. The second-order valence-corrected chi connectivity index (χ2v) is 7.65. The molecule has 0 bridgehead atoms. The summed E-state index contributed by atoms with van der Waals surface area (Å²) in [6.07, 6.45) is 1.74. The standard InChI is InChI=1S/C17H20N4O3S/c1-12-7-9-13(10-8-12)25(23,24)21-16-6-2-5-15(19-16)20-17(22)14-4-3-11-18-14/h2,5-10,14,18H,3-4,11H2,1H3,(H2,19,20,21,22)/t14-/m0/s1. The maximum Gasteiger partial charge on any atom is 0.263 e. The fourth-order valence-corrected chi connectivity index (χ4v) is 3.60. The number of benzene rings is 1. The van der Waals surface area contributed by atoms with Crippen LogP contribution in [0.3, 0.4) is 0 Å². The summed E-state index contributed by atoms with van der Waals surface area (Å²) >= 11 is 0. The Kier molecular flexibility index (Phi) is 5.00. The van der Waals surface area contributed by atoms with Crippen molar-refractivity contribution in [2.75, 3.05) is 16.6 Å². The fraction of sp³-hybridized carbons (Fsp3) is 0.294. The van der Waals surface area contributed by atoms with E-state index in [-0.39, 0.29) is 22.7 Å². The second kappa shape index (κ2) is 7.20. The van der Waals surface area contributed by atoms with Crippen LogP contribution in [0, 0.1) is 6.92 Å². The molecule has 7 nitrogen and oxygen atoms in total. The number of rotatable bonds is 5. The van der Waals surface area contributed by atoms with E-state index in [1.807, 2.05) is 6.92 Å². The van der Waals surface area contributed by atoms with Crippen LogP contribution in [-0.2, 0) is 14.8 Å². The Balaban J connectivity index is 1.72.